The molecule has 2 N–H and O–H groups in total. The molecule has 0 radical (unpaired) electrons. The molecule has 112 valence electrons. The molecule has 1 heterocycles. The molecular formula is C15H32N4. The zero-order valence-corrected chi connectivity index (χ0v) is 13.3. The van der Waals surface area contributed by atoms with Crippen molar-refractivity contribution < 1.29 is 0 Å². The summed E-state index contributed by atoms with van der Waals surface area (Å²) < 4.78 is 0. The zero-order chi connectivity index (χ0) is 14.1. The highest BCUT2D eigenvalue weighted by Crippen LogP contribution is 2.20. The maximum Gasteiger partial charge on any atom is 0.191 e. The summed E-state index contributed by atoms with van der Waals surface area (Å²) in [5.41, 5.74) is 0.162. The van der Waals surface area contributed by atoms with Crippen LogP contribution in [0.15, 0.2) is 4.99 Å². The van der Waals surface area contributed by atoms with Crippen molar-refractivity contribution in [2.75, 3.05) is 32.7 Å². The Hall–Kier alpha value is -0.770. The molecule has 0 aliphatic carbocycles. The first-order valence-electron chi connectivity index (χ1n) is 7.87. The number of hydrogen-bond donors (Lipinski definition) is 2. The third-order valence-corrected chi connectivity index (χ3v) is 3.72. The third-order valence-electron chi connectivity index (χ3n) is 3.72. The molecular weight excluding hydrogens is 236 g/mol. The standard InChI is InChI=1S/C15H32N4/c1-5-10-17-14(16-6-2)18-13-15(3,4)19-11-8-7-9-12-19/h5-13H2,1-4H3,(H2,16,17,18). The Kier molecular flexibility index (Phi) is 7.21. The highest BCUT2D eigenvalue weighted by atomic mass is 15.2. The van der Waals surface area contributed by atoms with Crippen LogP contribution in [0.1, 0.15) is 53.4 Å². The average molecular weight is 268 g/mol. The van der Waals surface area contributed by atoms with Gasteiger partial charge in [0.05, 0.1) is 6.54 Å². The number of rotatable bonds is 6. The smallest absolute Gasteiger partial charge is 0.191 e. The Balaban J connectivity index is 2.52. The monoisotopic (exact) mass is 268 g/mol. The zero-order valence-electron chi connectivity index (χ0n) is 13.3. The average Bonchev–Trinajstić information content (AvgIpc) is 2.43. The van der Waals surface area contributed by atoms with Gasteiger partial charge < -0.3 is 10.6 Å². The number of piperidine rings is 1. The number of nitrogens with zero attached hydrogens (tertiary/aromatic N) is 2. The van der Waals surface area contributed by atoms with E-state index < -0.39 is 0 Å². The number of likely N-dealkylation sites (tertiary alicyclic amines) is 1. The molecule has 1 fully saturated rings. The summed E-state index contributed by atoms with van der Waals surface area (Å²) in [5, 5.41) is 6.68. The molecule has 1 saturated heterocycles. The van der Waals surface area contributed by atoms with Crippen LogP contribution in [-0.4, -0.2) is 49.1 Å². The van der Waals surface area contributed by atoms with Crippen LogP contribution in [0.2, 0.25) is 0 Å². The molecule has 0 aromatic heterocycles. The van der Waals surface area contributed by atoms with Crippen LogP contribution in [0.5, 0.6) is 0 Å². The molecule has 4 nitrogen and oxygen atoms in total. The number of aliphatic imine (C=N–C) groups is 1. The number of nitrogens with one attached hydrogen (secondary N) is 2. The molecule has 0 unspecified atom stereocenters. The van der Waals surface area contributed by atoms with Crippen molar-refractivity contribution in [3.8, 4) is 0 Å². The second-order valence-electron chi connectivity index (χ2n) is 5.98. The van der Waals surface area contributed by atoms with E-state index in [2.05, 4.69) is 43.2 Å². The fourth-order valence-electron chi connectivity index (χ4n) is 2.46. The SMILES string of the molecule is CCCNC(=NCC(C)(C)N1CCCCC1)NCC. The van der Waals surface area contributed by atoms with E-state index in [0.717, 1.165) is 32.0 Å². The van der Waals surface area contributed by atoms with Gasteiger partial charge in [-0.2, -0.15) is 0 Å². The molecule has 0 aromatic carbocycles. The van der Waals surface area contributed by atoms with Crippen molar-refractivity contribution in [2.45, 2.75) is 58.9 Å². The summed E-state index contributed by atoms with van der Waals surface area (Å²) >= 11 is 0. The normalized spacial score (nSPS) is 18.4. The van der Waals surface area contributed by atoms with Gasteiger partial charge in [0.1, 0.15) is 0 Å². The number of guanidine groups is 1. The lowest BCUT2D eigenvalue weighted by Gasteiger charge is -2.40. The van der Waals surface area contributed by atoms with Crippen molar-refractivity contribution in [1.29, 1.82) is 0 Å². The van der Waals surface area contributed by atoms with Gasteiger partial charge in [0.15, 0.2) is 5.96 Å². The summed E-state index contributed by atoms with van der Waals surface area (Å²) in [5.74, 6) is 0.953. The molecule has 1 rings (SSSR count). The molecule has 1 aliphatic heterocycles. The summed E-state index contributed by atoms with van der Waals surface area (Å²) in [7, 11) is 0. The minimum atomic E-state index is 0.162. The summed E-state index contributed by atoms with van der Waals surface area (Å²) in [6.07, 6.45) is 5.18. The van der Waals surface area contributed by atoms with Crippen LogP contribution in [0.4, 0.5) is 0 Å². The minimum absolute atomic E-state index is 0.162. The van der Waals surface area contributed by atoms with E-state index in [1.54, 1.807) is 0 Å². The molecule has 0 amide bonds. The van der Waals surface area contributed by atoms with E-state index in [1.165, 1.54) is 32.4 Å². The maximum absolute atomic E-state index is 4.75. The molecule has 0 spiro atoms. The molecule has 0 saturated carbocycles. The van der Waals surface area contributed by atoms with Crippen LogP contribution in [0.3, 0.4) is 0 Å². The summed E-state index contributed by atoms with van der Waals surface area (Å²) in [6.45, 7) is 14.1. The molecule has 4 heteroatoms. The van der Waals surface area contributed by atoms with E-state index in [-0.39, 0.29) is 5.54 Å². The van der Waals surface area contributed by atoms with Gasteiger partial charge in [0, 0.05) is 18.6 Å². The van der Waals surface area contributed by atoms with Gasteiger partial charge in [-0.1, -0.05) is 13.3 Å². The van der Waals surface area contributed by atoms with Crippen LogP contribution in [-0.2, 0) is 0 Å². The molecule has 1 aliphatic rings. The Labute approximate surface area is 119 Å². The summed E-state index contributed by atoms with van der Waals surface area (Å²) in [6, 6.07) is 0. The maximum atomic E-state index is 4.75. The topological polar surface area (TPSA) is 39.7 Å². The quantitative estimate of drug-likeness (QED) is 0.573. The highest BCUT2D eigenvalue weighted by Gasteiger charge is 2.27. The van der Waals surface area contributed by atoms with E-state index in [9.17, 15) is 0 Å². The van der Waals surface area contributed by atoms with Gasteiger partial charge in [-0.15, -0.1) is 0 Å². The third kappa shape index (κ3) is 5.81. The summed E-state index contributed by atoms with van der Waals surface area (Å²) in [4.78, 5) is 7.34. The Morgan fingerprint density at radius 1 is 1.11 bits per heavy atom. The van der Waals surface area contributed by atoms with Crippen molar-refractivity contribution in [3.05, 3.63) is 0 Å². The second kappa shape index (κ2) is 8.41. The molecule has 0 atom stereocenters. The highest BCUT2D eigenvalue weighted by molar-refractivity contribution is 5.79. The van der Waals surface area contributed by atoms with Gasteiger partial charge in [0.25, 0.3) is 0 Å². The predicted octanol–water partition coefficient (Wildman–Crippen LogP) is 2.22. The molecule has 0 bridgehead atoms. The first kappa shape index (κ1) is 16.3. The van der Waals surface area contributed by atoms with E-state index in [1.807, 2.05) is 0 Å². The van der Waals surface area contributed by atoms with Gasteiger partial charge in [-0.25, -0.2) is 0 Å². The molecule has 19 heavy (non-hydrogen) atoms. The molecule has 0 aromatic rings. The van der Waals surface area contributed by atoms with Crippen LogP contribution < -0.4 is 10.6 Å². The Morgan fingerprint density at radius 2 is 1.79 bits per heavy atom. The Morgan fingerprint density at radius 3 is 2.37 bits per heavy atom. The van der Waals surface area contributed by atoms with E-state index >= 15 is 0 Å². The van der Waals surface area contributed by atoms with Gasteiger partial charge in [-0.3, -0.25) is 9.89 Å². The fraction of sp³-hybridized carbons (Fsp3) is 0.933. The van der Waals surface area contributed by atoms with Gasteiger partial charge in [0.2, 0.25) is 0 Å². The lowest BCUT2D eigenvalue weighted by atomic mass is 9.99. The first-order valence-corrected chi connectivity index (χ1v) is 7.87. The predicted molar refractivity (Wildman–Crippen MR) is 83.8 cm³/mol. The van der Waals surface area contributed by atoms with E-state index in [4.69, 9.17) is 4.99 Å². The van der Waals surface area contributed by atoms with E-state index in [0.29, 0.717) is 0 Å². The van der Waals surface area contributed by atoms with Gasteiger partial charge in [-0.05, 0) is 53.1 Å². The van der Waals surface area contributed by atoms with Crippen molar-refractivity contribution in [2.24, 2.45) is 4.99 Å². The van der Waals surface area contributed by atoms with Crippen molar-refractivity contribution in [1.82, 2.24) is 15.5 Å². The lowest BCUT2D eigenvalue weighted by Crippen LogP contribution is -2.49. The van der Waals surface area contributed by atoms with Crippen molar-refractivity contribution in [3.63, 3.8) is 0 Å². The fourth-order valence-corrected chi connectivity index (χ4v) is 2.46. The van der Waals surface area contributed by atoms with Crippen molar-refractivity contribution >= 4 is 5.96 Å². The van der Waals surface area contributed by atoms with Crippen LogP contribution in [0.25, 0.3) is 0 Å². The van der Waals surface area contributed by atoms with Gasteiger partial charge >= 0.3 is 0 Å². The minimum Gasteiger partial charge on any atom is -0.357 e. The van der Waals surface area contributed by atoms with Crippen LogP contribution in [0, 0.1) is 0 Å². The van der Waals surface area contributed by atoms with Crippen LogP contribution >= 0.6 is 0 Å². The second-order valence-corrected chi connectivity index (χ2v) is 5.98. The largest absolute Gasteiger partial charge is 0.357 e. The first-order chi connectivity index (χ1) is 9.10. The number of hydrogen-bond acceptors (Lipinski definition) is 2. The Bertz CT molecular complexity index is 267. The lowest BCUT2D eigenvalue weighted by molar-refractivity contribution is 0.102.